The fraction of sp³-hybridized carbons (Fsp3) is 0.385. The van der Waals surface area contributed by atoms with Crippen LogP contribution in [-0.4, -0.2) is 65.2 Å². The van der Waals surface area contributed by atoms with Gasteiger partial charge in [0.1, 0.15) is 12.2 Å². The van der Waals surface area contributed by atoms with Gasteiger partial charge in [-0.25, -0.2) is 18.4 Å². The zero-order valence-corrected chi connectivity index (χ0v) is 21.8. The fourth-order valence-corrected chi connectivity index (χ4v) is 4.53. The number of aliphatic hydroxyl groups is 1. The zero-order chi connectivity index (χ0) is 28.6. The number of nitrogens with one attached hydrogen (secondary N) is 1. The summed E-state index contributed by atoms with van der Waals surface area (Å²) in [6, 6.07) is 9.10. The van der Waals surface area contributed by atoms with Crippen LogP contribution in [0, 0.1) is 23.2 Å². The van der Waals surface area contributed by atoms with Crippen molar-refractivity contribution in [2.24, 2.45) is 11.7 Å². The van der Waals surface area contributed by atoms with E-state index in [0.717, 1.165) is 4.68 Å². The van der Waals surface area contributed by atoms with Gasteiger partial charge in [0.15, 0.2) is 5.69 Å². The SMILES string of the molecule is CC(C)(O)[C@H](F)Cn1nnc(-c2cnc(-c3ccc4cc(C#N)cnn34)cc2NC2CC(COC(N)=O)C2)c1F. The van der Waals surface area contributed by atoms with Crippen molar-refractivity contribution >= 4 is 17.3 Å². The van der Waals surface area contributed by atoms with E-state index in [9.17, 15) is 19.6 Å². The van der Waals surface area contributed by atoms with Crippen molar-refractivity contribution in [2.75, 3.05) is 11.9 Å². The number of halogens is 2. The molecule has 4 N–H and O–H groups in total. The predicted molar refractivity (Wildman–Crippen MR) is 139 cm³/mol. The summed E-state index contributed by atoms with van der Waals surface area (Å²) >= 11 is 0. The molecule has 1 saturated carbocycles. The third-order valence-corrected chi connectivity index (χ3v) is 6.88. The van der Waals surface area contributed by atoms with E-state index in [2.05, 4.69) is 31.8 Å². The smallest absolute Gasteiger partial charge is 0.404 e. The molecule has 208 valence electrons. The largest absolute Gasteiger partial charge is 0.449 e. The van der Waals surface area contributed by atoms with Gasteiger partial charge in [0.25, 0.3) is 0 Å². The third kappa shape index (κ3) is 5.41. The Labute approximate surface area is 227 Å². The minimum atomic E-state index is -1.78. The van der Waals surface area contributed by atoms with Gasteiger partial charge in [-0.2, -0.15) is 14.8 Å². The van der Waals surface area contributed by atoms with E-state index in [-0.39, 0.29) is 24.3 Å². The fourth-order valence-electron chi connectivity index (χ4n) is 4.53. The van der Waals surface area contributed by atoms with Crippen molar-refractivity contribution in [3.8, 4) is 28.7 Å². The van der Waals surface area contributed by atoms with Crippen molar-refractivity contribution in [2.45, 2.75) is 51.0 Å². The van der Waals surface area contributed by atoms with Crippen molar-refractivity contribution in [1.82, 2.24) is 29.6 Å². The number of alkyl halides is 1. The molecule has 5 rings (SSSR count). The second kappa shape index (κ2) is 10.5. The number of fused-ring (bicyclic) bond motifs is 1. The van der Waals surface area contributed by atoms with Crippen LogP contribution >= 0.6 is 0 Å². The first kappa shape index (κ1) is 26.9. The van der Waals surface area contributed by atoms with Crippen LogP contribution in [0.1, 0.15) is 32.3 Å². The van der Waals surface area contributed by atoms with E-state index in [1.807, 2.05) is 12.1 Å². The van der Waals surface area contributed by atoms with Crippen LogP contribution in [0.4, 0.5) is 19.3 Å². The van der Waals surface area contributed by atoms with Crippen LogP contribution in [0.5, 0.6) is 0 Å². The minimum Gasteiger partial charge on any atom is -0.449 e. The number of carbonyl (C=O) groups excluding carboxylic acids is 1. The Morgan fingerprint density at radius 3 is 2.83 bits per heavy atom. The molecule has 40 heavy (non-hydrogen) atoms. The summed E-state index contributed by atoms with van der Waals surface area (Å²) in [5.74, 6) is -0.742. The highest BCUT2D eigenvalue weighted by Gasteiger charge is 2.32. The van der Waals surface area contributed by atoms with E-state index < -0.39 is 30.4 Å². The summed E-state index contributed by atoms with van der Waals surface area (Å²) in [5, 5.41) is 34.5. The summed E-state index contributed by atoms with van der Waals surface area (Å²) < 4.78 is 37.1. The molecule has 0 aromatic carbocycles. The van der Waals surface area contributed by atoms with Crippen molar-refractivity contribution in [3.63, 3.8) is 0 Å². The van der Waals surface area contributed by atoms with Gasteiger partial charge in [-0.3, -0.25) is 4.98 Å². The van der Waals surface area contributed by atoms with Gasteiger partial charge in [-0.1, -0.05) is 5.21 Å². The van der Waals surface area contributed by atoms with Gasteiger partial charge in [-0.05, 0) is 56.9 Å². The Kier molecular flexibility index (Phi) is 7.07. The number of nitrogens with zero attached hydrogens (tertiary/aromatic N) is 7. The van der Waals surface area contributed by atoms with Crippen LogP contribution in [0.2, 0.25) is 0 Å². The Morgan fingerprint density at radius 2 is 2.12 bits per heavy atom. The maximum atomic E-state index is 15.4. The molecule has 1 amide bonds. The summed E-state index contributed by atoms with van der Waals surface area (Å²) in [5.41, 5.74) is 6.35. The first-order valence-corrected chi connectivity index (χ1v) is 12.6. The molecular formula is C26H27F2N9O3. The average Bonchev–Trinajstić information content (AvgIpc) is 3.47. The molecule has 0 unspecified atom stereocenters. The van der Waals surface area contributed by atoms with Crippen LogP contribution in [-0.2, 0) is 11.3 Å². The third-order valence-electron chi connectivity index (χ3n) is 6.88. The topological polar surface area (TPSA) is 169 Å². The zero-order valence-electron chi connectivity index (χ0n) is 21.8. The van der Waals surface area contributed by atoms with Gasteiger partial charge in [0, 0.05) is 23.5 Å². The Bertz CT molecular complexity index is 1600. The molecule has 1 aliphatic rings. The number of primary amides is 1. The molecule has 4 aromatic rings. The number of hydrogen-bond donors (Lipinski definition) is 3. The van der Waals surface area contributed by atoms with Crippen molar-refractivity contribution < 1.29 is 23.4 Å². The number of aromatic nitrogens is 6. The van der Waals surface area contributed by atoms with Crippen molar-refractivity contribution in [3.05, 3.63) is 48.2 Å². The van der Waals surface area contributed by atoms with Gasteiger partial charge >= 0.3 is 6.09 Å². The molecule has 12 nitrogen and oxygen atoms in total. The van der Waals surface area contributed by atoms with Gasteiger partial charge in [0.05, 0.1) is 47.4 Å². The molecule has 4 aromatic heterocycles. The molecule has 0 radical (unpaired) electrons. The first-order valence-electron chi connectivity index (χ1n) is 12.6. The Hall–Kier alpha value is -4.64. The first-order chi connectivity index (χ1) is 19.0. The lowest BCUT2D eigenvalue weighted by Gasteiger charge is -2.36. The number of carbonyl (C=O) groups is 1. The summed E-state index contributed by atoms with van der Waals surface area (Å²) in [4.78, 5) is 15.4. The van der Waals surface area contributed by atoms with E-state index in [1.165, 1.54) is 26.2 Å². The molecule has 0 saturated heterocycles. The molecule has 0 bridgehead atoms. The summed E-state index contributed by atoms with van der Waals surface area (Å²) in [6.45, 7) is 2.27. The quantitative estimate of drug-likeness (QED) is 0.283. The van der Waals surface area contributed by atoms with E-state index in [4.69, 9.17) is 10.5 Å². The normalized spacial score (nSPS) is 17.7. The van der Waals surface area contributed by atoms with Crippen LogP contribution < -0.4 is 11.1 Å². The molecule has 14 heteroatoms. The average molecular weight is 552 g/mol. The van der Waals surface area contributed by atoms with Crippen LogP contribution in [0.3, 0.4) is 0 Å². The van der Waals surface area contributed by atoms with E-state index >= 15 is 4.39 Å². The highest BCUT2D eigenvalue weighted by molar-refractivity contribution is 5.79. The lowest BCUT2D eigenvalue weighted by molar-refractivity contribution is -0.0133. The molecular weight excluding hydrogens is 524 g/mol. The Morgan fingerprint density at radius 1 is 1.35 bits per heavy atom. The predicted octanol–water partition coefficient (Wildman–Crippen LogP) is 3.06. The maximum Gasteiger partial charge on any atom is 0.404 e. The lowest BCUT2D eigenvalue weighted by atomic mass is 9.80. The monoisotopic (exact) mass is 551 g/mol. The number of nitriles is 1. The number of pyridine rings is 1. The molecule has 0 aliphatic heterocycles. The maximum absolute atomic E-state index is 15.4. The molecule has 1 fully saturated rings. The minimum absolute atomic E-state index is 0.0145. The van der Waals surface area contributed by atoms with E-state index in [1.54, 1.807) is 16.6 Å². The number of nitrogens with two attached hydrogens (primary N) is 1. The number of anilines is 1. The molecule has 4 heterocycles. The molecule has 1 atom stereocenters. The van der Waals surface area contributed by atoms with Gasteiger partial charge < -0.3 is 20.9 Å². The second-order valence-corrected chi connectivity index (χ2v) is 10.4. The number of ether oxygens (including phenoxy) is 1. The summed E-state index contributed by atoms with van der Waals surface area (Å²) in [7, 11) is 0. The second-order valence-electron chi connectivity index (χ2n) is 10.4. The number of rotatable bonds is 9. The molecule has 0 spiro atoms. The Balaban J connectivity index is 1.48. The summed E-state index contributed by atoms with van der Waals surface area (Å²) in [6.07, 6.45) is 1.66. The standard InChI is InChI=1S/C26H27F2N9O3/c1-26(2,39)22(27)12-36-24(28)23(34-35-36)18-11-31-20(21-4-3-17-7-15(9-29)10-32-37(17)21)8-19(18)33-16-5-14(6-16)13-40-25(30)38/h3-4,7-8,10-11,14,16,22,39H,5-6,12-13H2,1-2H3,(H2,30,38)(H,31,33)/t14?,16?,22-/m1/s1. The highest BCUT2D eigenvalue weighted by Crippen LogP contribution is 2.36. The van der Waals surface area contributed by atoms with E-state index in [0.29, 0.717) is 46.6 Å². The number of amides is 1. The van der Waals surface area contributed by atoms with Gasteiger partial charge in [-0.15, -0.1) is 5.10 Å². The van der Waals surface area contributed by atoms with Crippen LogP contribution in [0.15, 0.2) is 36.7 Å². The lowest BCUT2D eigenvalue weighted by Crippen LogP contribution is -2.38. The van der Waals surface area contributed by atoms with Gasteiger partial charge in [0.2, 0.25) is 5.95 Å². The highest BCUT2D eigenvalue weighted by atomic mass is 19.1. The van der Waals surface area contributed by atoms with Crippen LogP contribution in [0.25, 0.3) is 28.2 Å². The number of hydrogen-bond acceptors (Lipinski definition) is 9. The molecule has 1 aliphatic carbocycles. The van der Waals surface area contributed by atoms with Crippen molar-refractivity contribution in [1.29, 1.82) is 5.26 Å².